The molecule has 3 heteroatoms. The highest BCUT2D eigenvalue weighted by Crippen LogP contribution is 2.26. The minimum Gasteiger partial charge on any atom is -0.494 e. The van der Waals surface area contributed by atoms with E-state index in [-0.39, 0.29) is 12.1 Å². The van der Waals surface area contributed by atoms with Crippen LogP contribution in [-0.2, 0) is 9.53 Å². The van der Waals surface area contributed by atoms with E-state index < -0.39 is 0 Å². The maximum Gasteiger partial charge on any atom is 0.306 e. The Morgan fingerprint density at radius 2 is 0.952 bits per heavy atom. The van der Waals surface area contributed by atoms with E-state index in [1.807, 2.05) is 6.92 Å². The lowest BCUT2D eigenvalue weighted by Crippen LogP contribution is -2.08. The Balaban J connectivity index is 1.55. The van der Waals surface area contributed by atoms with Crippen molar-refractivity contribution in [2.75, 3.05) is 6.61 Å². The molecule has 42 heavy (non-hydrogen) atoms. The smallest absolute Gasteiger partial charge is 0.306 e. The van der Waals surface area contributed by atoms with E-state index in [4.69, 9.17) is 9.47 Å². The van der Waals surface area contributed by atoms with Gasteiger partial charge in [-0.25, -0.2) is 0 Å². The van der Waals surface area contributed by atoms with Crippen LogP contribution in [0.15, 0.2) is 48.5 Å². The highest BCUT2D eigenvalue weighted by molar-refractivity contribution is 5.70. The molecular formula is C39H62O3. The fourth-order valence-corrected chi connectivity index (χ4v) is 5.55. The number of unbranched alkanes of at least 4 members (excludes halogenated alkanes) is 18. The predicted octanol–water partition coefficient (Wildman–Crippen LogP) is 12.6. The maximum atomic E-state index is 12.3. The average Bonchev–Trinajstić information content (AvgIpc) is 3.01. The van der Waals surface area contributed by atoms with E-state index in [9.17, 15) is 4.79 Å². The molecule has 0 fully saturated rings. The fraction of sp³-hybridized carbons (Fsp3) is 0.667. The Kier molecular flexibility index (Phi) is 20.7. The van der Waals surface area contributed by atoms with Crippen molar-refractivity contribution in [3.05, 3.63) is 54.1 Å². The summed E-state index contributed by atoms with van der Waals surface area (Å²) in [5.41, 5.74) is 3.35. The summed E-state index contributed by atoms with van der Waals surface area (Å²) in [6.45, 7) is 7.27. The molecule has 0 aliphatic heterocycles. The minimum atomic E-state index is -0.225. The van der Waals surface area contributed by atoms with Gasteiger partial charge in [0.25, 0.3) is 0 Å². The van der Waals surface area contributed by atoms with Crippen LogP contribution in [0.2, 0.25) is 0 Å². The molecule has 0 aliphatic rings. The van der Waals surface area contributed by atoms with Crippen molar-refractivity contribution in [1.29, 1.82) is 0 Å². The first kappa shape index (κ1) is 35.9. The van der Waals surface area contributed by atoms with E-state index in [2.05, 4.69) is 62.4 Å². The monoisotopic (exact) mass is 578 g/mol. The van der Waals surface area contributed by atoms with Crippen LogP contribution in [0.25, 0.3) is 11.1 Å². The van der Waals surface area contributed by atoms with Crippen LogP contribution in [0.1, 0.15) is 167 Å². The van der Waals surface area contributed by atoms with Gasteiger partial charge in [-0.2, -0.15) is 0 Å². The lowest BCUT2D eigenvalue weighted by molar-refractivity contribution is -0.148. The summed E-state index contributed by atoms with van der Waals surface area (Å²) in [7, 11) is 0. The quantitative estimate of drug-likeness (QED) is 0.0822. The molecule has 0 radical (unpaired) electrons. The molecular weight excluding hydrogens is 516 g/mol. The summed E-state index contributed by atoms with van der Waals surface area (Å²) in [4.78, 5) is 12.3. The molecule has 1 unspecified atom stereocenters. The molecule has 3 nitrogen and oxygen atoms in total. The van der Waals surface area contributed by atoms with Crippen LogP contribution >= 0.6 is 0 Å². The third-order valence-electron chi connectivity index (χ3n) is 8.38. The molecule has 2 aromatic rings. The Hall–Kier alpha value is -2.29. The molecule has 1 atom stereocenters. The van der Waals surface area contributed by atoms with E-state index in [0.717, 1.165) is 42.7 Å². The number of hydrogen-bond acceptors (Lipinski definition) is 3. The second-order valence-electron chi connectivity index (χ2n) is 12.2. The number of ether oxygens (including phenoxy) is 2. The first-order valence-electron chi connectivity index (χ1n) is 17.7. The van der Waals surface area contributed by atoms with Gasteiger partial charge in [0.1, 0.15) is 11.9 Å². The SMILES string of the molecule is CCCCCCCCCCCCCCCOc1ccc(-c2ccc(C(C)OC(=O)CCCCCCCCC)cc2)cc1. The summed E-state index contributed by atoms with van der Waals surface area (Å²) in [5.74, 6) is 0.852. The summed E-state index contributed by atoms with van der Waals surface area (Å²) >= 11 is 0. The van der Waals surface area contributed by atoms with Crippen molar-refractivity contribution in [1.82, 2.24) is 0 Å². The zero-order chi connectivity index (χ0) is 30.1. The highest BCUT2D eigenvalue weighted by Gasteiger charge is 2.12. The molecule has 0 bridgehead atoms. The van der Waals surface area contributed by atoms with Crippen molar-refractivity contribution in [2.45, 2.75) is 162 Å². The zero-order valence-corrected chi connectivity index (χ0v) is 27.5. The van der Waals surface area contributed by atoms with Gasteiger partial charge in [-0.3, -0.25) is 4.79 Å². The van der Waals surface area contributed by atoms with Crippen molar-refractivity contribution in [3.63, 3.8) is 0 Å². The Morgan fingerprint density at radius 3 is 1.43 bits per heavy atom. The fourth-order valence-electron chi connectivity index (χ4n) is 5.55. The van der Waals surface area contributed by atoms with Gasteiger partial charge in [0.2, 0.25) is 0 Å². The summed E-state index contributed by atoms with van der Waals surface area (Å²) in [6.07, 6.45) is 26.5. The number of benzene rings is 2. The number of rotatable bonds is 26. The molecule has 0 saturated heterocycles. The lowest BCUT2D eigenvalue weighted by atomic mass is 10.0. The van der Waals surface area contributed by atoms with Crippen LogP contribution in [0.4, 0.5) is 0 Å². The van der Waals surface area contributed by atoms with E-state index in [0.29, 0.717) is 6.42 Å². The third kappa shape index (κ3) is 17.0. The molecule has 0 aromatic heterocycles. The van der Waals surface area contributed by atoms with Crippen molar-refractivity contribution < 1.29 is 14.3 Å². The molecule has 0 amide bonds. The molecule has 2 aromatic carbocycles. The Morgan fingerprint density at radius 1 is 0.548 bits per heavy atom. The van der Waals surface area contributed by atoms with Gasteiger partial charge >= 0.3 is 5.97 Å². The standard InChI is InChI=1S/C39H62O3/c1-4-6-8-10-12-13-14-15-16-17-19-21-23-33-41-38-31-29-37(30-32-38)36-27-25-35(26-28-36)34(3)42-39(40)24-22-20-18-11-9-7-5-2/h25-32,34H,4-24,33H2,1-3H3. The molecule has 0 saturated carbocycles. The molecule has 0 aliphatic carbocycles. The predicted molar refractivity (Wildman–Crippen MR) is 180 cm³/mol. The minimum absolute atomic E-state index is 0.0884. The topological polar surface area (TPSA) is 35.5 Å². The summed E-state index contributed by atoms with van der Waals surface area (Å²) in [6, 6.07) is 16.7. The first-order valence-corrected chi connectivity index (χ1v) is 17.7. The third-order valence-corrected chi connectivity index (χ3v) is 8.38. The molecule has 0 N–H and O–H groups in total. The van der Waals surface area contributed by atoms with Gasteiger partial charge in [0.15, 0.2) is 0 Å². The van der Waals surface area contributed by atoms with Gasteiger partial charge < -0.3 is 9.47 Å². The van der Waals surface area contributed by atoms with Crippen molar-refractivity contribution in [2.24, 2.45) is 0 Å². The molecule has 236 valence electrons. The lowest BCUT2D eigenvalue weighted by Gasteiger charge is -2.14. The second kappa shape index (κ2) is 24.2. The maximum absolute atomic E-state index is 12.3. The van der Waals surface area contributed by atoms with Gasteiger partial charge in [0, 0.05) is 6.42 Å². The summed E-state index contributed by atoms with van der Waals surface area (Å²) < 4.78 is 11.7. The summed E-state index contributed by atoms with van der Waals surface area (Å²) in [5, 5.41) is 0. The van der Waals surface area contributed by atoms with Crippen LogP contribution in [-0.4, -0.2) is 12.6 Å². The van der Waals surface area contributed by atoms with Crippen LogP contribution < -0.4 is 4.74 Å². The van der Waals surface area contributed by atoms with E-state index in [1.54, 1.807) is 0 Å². The van der Waals surface area contributed by atoms with E-state index >= 15 is 0 Å². The zero-order valence-electron chi connectivity index (χ0n) is 27.5. The average molecular weight is 579 g/mol. The number of hydrogen-bond donors (Lipinski definition) is 0. The van der Waals surface area contributed by atoms with E-state index in [1.165, 1.54) is 115 Å². The van der Waals surface area contributed by atoms with Crippen molar-refractivity contribution in [3.8, 4) is 16.9 Å². The number of carbonyl (C=O) groups excluding carboxylic acids is 1. The van der Waals surface area contributed by atoms with Gasteiger partial charge in [-0.1, -0.05) is 166 Å². The molecule has 2 rings (SSSR count). The largest absolute Gasteiger partial charge is 0.494 e. The number of esters is 1. The highest BCUT2D eigenvalue weighted by atomic mass is 16.5. The normalized spacial score (nSPS) is 11.9. The number of carbonyl (C=O) groups is 1. The van der Waals surface area contributed by atoms with Gasteiger partial charge in [-0.05, 0) is 48.6 Å². The first-order chi connectivity index (χ1) is 20.6. The van der Waals surface area contributed by atoms with Gasteiger partial charge in [0.05, 0.1) is 6.61 Å². The van der Waals surface area contributed by atoms with Crippen LogP contribution in [0.5, 0.6) is 5.75 Å². The Bertz CT molecular complexity index is 902. The second-order valence-corrected chi connectivity index (χ2v) is 12.2. The van der Waals surface area contributed by atoms with Crippen LogP contribution in [0.3, 0.4) is 0 Å². The van der Waals surface area contributed by atoms with Crippen LogP contribution in [0, 0.1) is 0 Å². The Labute approximate surface area is 259 Å². The van der Waals surface area contributed by atoms with Gasteiger partial charge in [-0.15, -0.1) is 0 Å². The molecule has 0 spiro atoms. The van der Waals surface area contributed by atoms with Crippen molar-refractivity contribution >= 4 is 5.97 Å². The molecule has 0 heterocycles.